The molecule has 2 heterocycles. The van der Waals surface area contributed by atoms with Crippen LogP contribution >= 0.6 is 11.3 Å². The van der Waals surface area contributed by atoms with Crippen LogP contribution in [-0.4, -0.2) is 29.9 Å². The molecule has 7 heteroatoms. The number of nitrogens with one attached hydrogen (secondary N) is 2. The Hall–Kier alpha value is -3.19. The van der Waals surface area contributed by atoms with Gasteiger partial charge < -0.3 is 4.90 Å². The second-order valence-electron chi connectivity index (χ2n) is 6.56. The lowest BCUT2D eigenvalue weighted by atomic mass is 10.0. The fourth-order valence-corrected chi connectivity index (χ4v) is 4.08. The van der Waals surface area contributed by atoms with Gasteiger partial charge in [-0.15, -0.1) is 11.3 Å². The molecule has 2 amide bonds. The summed E-state index contributed by atoms with van der Waals surface area (Å²) >= 11 is 1.39. The zero-order valence-corrected chi connectivity index (χ0v) is 16.0. The summed E-state index contributed by atoms with van der Waals surface area (Å²) < 4.78 is 0. The number of hydrogen-bond donors (Lipinski definition) is 2. The predicted octanol–water partition coefficient (Wildman–Crippen LogP) is 3.02. The standard InChI is InChI=1S/C21H20N4O2S/c26-19(13-25-12-6-10-15-7-4-5-11-18(15)25)23-24-20(27)17-14-28-21(22-17)16-8-2-1-3-9-16/h1-5,7-9,11,14H,6,10,12-13H2,(H,23,26)(H,24,27). The van der Waals surface area contributed by atoms with E-state index in [1.165, 1.54) is 16.9 Å². The molecule has 1 aliphatic heterocycles. The second-order valence-corrected chi connectivity index (χ2v) is 7.42. The number of carbonyl (C=O) groups is 2. The van der Waals surface area contributed by atoms with Gasteiger partial charge in [0, 0.05) is 23.2 Å². The third kappa shape index (κ3) is 4.04. The summed E-state index contributed by atoms with van der Waals surface area (Å²) in [5.41, 5.74) is 8.53. The largest absolute Gasteiger partial charge is 0.362 e. The molecule has 1 aliphatic rings. The van der Waals surface area contributed by atoms with Crippen LogP contribution in [0.25, 0.3) is 10.6 Å². The minimum absolute atomic E-state index is 0.198. The third-order valence-electron chi connectivity index (χ3n) is 4.61. The van der Waals surface area contributed by atoms with Gasteiger partial charge in [0.15, 0.2) is 0 Å². The number of hydrogen-bond acceptors (Lipinski definition) is 5. The maximum Gasteiger partial charge on any atom is 0.289 e. The number of carbonyl (C=O) groups excluding carboxylic acids is 2. The summed E-state index contributed by atoms with van der Waals surface area (Å²) in [6.45, 7) is 1.02. The first kappa shape index (κ1) is 18.2. The van der Waals surface area contributed by atoms with Gasteiger partial charge in [0.05, 0.1) is 6.54 Å². The summed E-state index contributed by atoms with van der Waals surface area (Å²) in [5.74, 6) is -0.686. The molecule has 0 atom stereocenters. The van der Waals surface area contributed by atoms with Gasteiger partial charge >= 0.3 is 0 Å². The van der Waals surface area contributed by atoms with E-state index >= 15 is 0 Å². The molecular weight excluding hydrogens is 372 g/mol. The smallest absolute Gasteiger partial charge is 0.289 e. The highest BCUT2D eigenvalue weighted by Crippen LogP contribution is 2.26. The molecule has 0 bridgehead atoms. The topological polar surface area (TPSA) is 74.3 Å². The van der Waals surface area contributed by atoms with Gasteiger partial charge in [-0.25, -0.2) is 4.98 Å². The minimum atomic E-state index is -0.425. The number of rotatable bonds is 4. The molecule has 4 rings (SSSR count). The molecule has 1 aromatic heterocycles. The summed E-state index contributed by atoms with van der Waals surface area (Å²) in [5, 5.41) is 2.45. The summed E-state index contributed by atoms with van der Waals surface area (Å²) in [7, 11) is 0. The lowest BCUT2D eigenvalue weighted by Gasteiger charge is -2.30. The molecule has 0 aliphatic carbocycles. The maximum absolute atomic E-state index is 12.3. The number of nitrogens with zero attached hydrogens (tertiary/aromatic N) is 2. The van der Waals surface area contributed by atoms with Crippen LogP contribution < -0.4 is 15.8 Å². The predicted molar refractivity (Wildman–Crippen MR) is 110 cm³/mol. The van der Waals surface area contributed by atoms with Gasteiger partial charge in [0.2, 0.25) is 0 Å². The highest BCUT2D eigenvalue weighted by molar-refractivity contribution is 7.13. The SMILES string of the molecule is O=C(CN1CCCc2ccccc21)NNC(=O)c1csc(-c2ccccc2)n1. The zero-order valence-electron chi connectivity index (χ0n) is 15.2. The van der Waals surface area contributed by atoms with E-state index in [2.05, 4.69) is 21.9 Å². The quantitative estimate of drug-likeness (QED) is 0.670. The van der Waals surface area contributed by atoms with Crippen molar-refractivity contribution in [2.24, 2.45) is 0 Å². The number of aromatic nitrogens is 1. The Labute approximate surface area is 167 Å². The van der Waals surface area contributed by atoms with Crippen molar-refractivity contribution in [2.75, 3.05) is 18.0 Å². The Bertz CT molecular complexity index is 987. The second kappa shape index (κ2) is 8.22. The van der Waals surface area contributed by atoms with Crippen LogP contribution in [0.4, 0.5) is 5.69 Å². The average molecular weight is 392 g/mol. The summed E-state index contributed by atoms with van der Waals surface area (Å²) in [6, 6.07) is 17.8. The number of aryl methyl sites for hydroxylation is 1. The number of hydrazine groups is 1. The van der Waals surface area contributed by atoms with Crippen LogP contribution in [0.1, 0.15) is 22.5 Å². The van der Waals surface area contributed by atoms with E-state index < -0.39 is 5.91 Å². The van der Waals surface area contributed by atoms with Crippen molar-refractivity contribution in [1.29, 1.82) is 0 Å². The van der Waals surface area contributed by atoms with Crippen LogP contribution in [0.3, 0.4) is 0 Å². The first-order valence-electron chi connectivity index (χ1n) is 9.14. The van der Waals surface area contributed by atoms with Crippen LogP contribution in [0.5, 0.6) is 0 Å². The number of thiazole rings is 1. The Kier molecular flexibility index (Phi) is 5.34. The fourth-order valence-electron chi connectivity index (χ4n) is 3.27. The Balaban J connectivity index is 1.33. The molecule has 0 spiro atoms. The molecule has 2 aromatic carbocycles. The highest BCUT2D eigenvalue weighted by atomic mass is 32.1. The van der Waals surface area contributed by atoms with E-state index in [1.54, 1.807) is 5.38 Å². The average Bonchev–Trinajstić information content (AvgIpc) is 3.23. The normalized spacial score (nSPS) is 12.9. The van der Waals surface area contributed by atoms with Gasteiger partial charge in [0.1, 0.15) is 10.7 Å². The Morgan fingerprint density at radius 1 is 1.04 bits per heavy atom. The van der Waals surface area contributed by atoms with E-state index in [0.717, 1.165) is 35.6 Å². The highest BCUT2D eigenvalue weighted by Gasteiger charge is 2.19. The van der Waals surface area contributed by atoms with Gasteiger partial charge in [-0.3, -0.25) is 20.4 Å². The van der Waals surface area contributed by atoms with Gasteiger partial charge in [-0.2, -0.15) is 0 Å². The molecule has 0 saturated carbocycles. The van der Waals surface area contributed by atoms with E-state index in [4.69, 9.17) is 0 Å². The number of benzene rings is 2. The number of fused-ring (bicyclic) bond motifs is 1. The van der Waals surface area contributed by atoms with Crippen molar-refractivity contribution in [2.45, 2.75) is 12.8 Å². The summed E-state index contributed by atoms with van der Waals surface area (Å²) in [6.07, 6.45) is 2.04. The van der Waals surface area contributed by atoms with Crippen molar-refractivity contribution >= 4 is 28.8 Å². The van der Waals surface area contributed by atoms with Crippen LogP contribution in [-0.2, 0) is 11.2 Å². The molecule has 0 unspecified atom stereocenters. The monoisotopic (exact) mass is 392 g/mol. The lowest BCUT2D eigenvalue weighted by Crippen LogP contribution is -2.47. The van der Waals surface area contributed by atoms with E-state index in [9.17, 15) is 9.59 Å². The molecular formula is C21H20N4O2S. The van der Waals surface area contributed by atoms with Gasteiger partial charge in [-0.05, 0) is 24.5 Å². The molecule has 0 fully saturated rings. The lowest BCUT2D eigenvalue weighted by molar-refractivity contribution is -0.120. The van der Waals surface area contributed by atoms with Crippen molar-refractivity contribution < 1.29 is 9.59 Å². The van der Waals surface area contributed by atoms with E-state index in [-0.39, 0.29) is 18.1 Å². The Morgan fingerprint density at radius 3 is 2.68 bits per heavy atom. The molecule has 6 nitrogen and oxygen atoms in total. The first-order valence-corrected chi connectivity index (χ1v) is 10.0. The minimum Gasteiger partial charge on any atom is -0.362 e. The van der Waals surface area contributed by atoms with Crippen LogP contribution in [0.15, 0.2) is 60.0 Å². The molecule has 28 heavy (non-hydrogen) atoms. The zero-order chi connectivity index (χ0) is 19.3. The number of anilines is 1. The van der Waals surface area contributed by atoms with Crippen LogP contribution in [0.2, 0.25) is 0 Å². The van der Waals surface area contributed by atoms with Crippen molar-refractivity contribution in [3.05, 3.63) is 71.2 Å². The number of amides is 2. The summed E-state index contributed by atoms with van der Waals surface area (Å²) in [4.78, 5) is 31.0. The molecule has 2 N–H and O–H groups in total. The van der Waals surface area contributed by atoms with E-state index in [1.807, 2.05) is 53.4 Å². The first-order chi connectivity index (χ1) is 13.7. The van der Waals surface area contributed by atoms with Gasteiger partial charge in [-0.1, -0.05) is 48.5 Å². The molecule has 142 valence electrons. The molecule has 0 saturated heterocycles. The number of para-hydroxylation sites is 1. The molecule has 3 aromatic rings. The van der Waals surface area contributed by atoms with E-state index in [0.29, 0.717) is 0 Å². The third-order valence-corrected chi connectivity index (χ3v) is 5.51. The van der Waals surface area contributed by atoms with Gasteiger partial charge in [0.25, 0.3) is 11.8 Å². The Morgan fingerprint density at radius 2 is 1.82 bits per heavy atom. The fraction of sp³-hybridized carbons (Fsp3) is 0.190. The van der Waals surface area contributed by atoms with Crippen molar-refractivity contribution in [1.82, 2.24) is 15.8 Å². The van der Waals surface area contributed by atoms with Crippen LogP contribution in [0, 0.1) is 0 Å². The van der Waals surface area contributed by atoms with Crippen molar-refractivity contribution in [3.8, 4) is 10.6 Å². The molecule has 0 radical (unpaired) electrons. The maximum atomic E-state index is 12.3. The van der Waals surface area contributed by atoms with Crippen molar-refractivity contribution in [3.63, 3.8) is 0 Å².